The van der Waals surface area contributed by atoms with Crippen LogP contribution in [0.4, 0.5) is 4.39 Å². The minimum absolute atomic E-state index is 0.183. The van der Waals surface area contributed by atoms with Crippen LogP contribution in [0.15, 0.2) is 24.3 Å². The SMILES string of the molecule is NC(=O)CCN1CCC(c2ccc(F)cc2)CC1. The summed E-state index contributed by atoms with van der Waals surface area (Å²) in [6.07, 6.45) is 2.55. The molecule has 2 rings (SSSR count). The van der Waals surface area contributed by atoms with E-state index in [0.29, 0.717) is 12.3 Å². The predicted octanol–water partition coefficient (Wildman–Crippen LogP) is 1.88. The Hall–Kier alpha value is -1.42. The predicted molar refractivity (Wildman–Crippen MR) is 68.6 cm³/mol. The highest BCUT2D eigenvalue weighted by Crippen LogP contribution is 2.27. The van der Waals surface area contributed by atoms with Crippen molar-refractivity contribution in [3.8, 4) is 0 Å². The second-order valence-electron chi connectivity index (χ2n) is 4.88. The number of likely N-dealkylation sites (tertiary alicyclic amines) is 1. The Kier molecular flexibility index (Phi) is 4.31. The first-order valence-corrected chi connectivity index (χ1v) is 6.41. The highest BCUT2D eigenvalue weighted by molar-refractivity contribution is 5.73. The maximum absolute atomic E-state index is 12.8. The molecule has 1 aromatic carbocycles. The van der Waals surface area contributed by atoms with Crippen molar-refractivity contribution >= 4 is 5.91 Å². The van der Waals surface area contributed by atoms with Crippen LogP contribution < -0.4 is 5.73 Å². The van der Waals surface area contributed by atoms with Gasteiger partial charge in [0.25, 0.3) is 0 Å². The average molecular weight is 250 g/mol. The van der Waals surface area contributed by atoms with Gasteiger partial charge in [0.15, 0.2) is 0 Å². The van der Waals surface area contributed by atoms with Gasteiger partial charge in [-0.15, -0.1) is 0 Å². The van der Waals surface area contributed by atoms with Crippen molar-refractivity contribution in [3.05, 3.63) is 35.6 Å². The number of carbonyl (C=O) groups is 1. The quantitative estimate of drug-likeness (QED) is 0.887. The molecule has 0 saturated carbocycles. The summed E-state index contributed by atoms with van der Waals surface area (Å²) in [6, 6.07) is 6.79. The van der Waals surface area contributed by atoms with E-state index in [9.17, 15) is 9.18 Å². The Morgan fingerprint density at radius 3 is 2.44 bits per heavy atom. The van der Waals surface area contributed by atoms with Gasteiger partial charge in [-0.05, 0) is 49.5 Å². The normalized spacial score (nSPS) is 17.8. The molecule has 1 heterocycles. The van der Waals surface area contributed by atoms with E-state index in [-0.39, 0.29) is 11.7 Å². The number of hydrogen-bond donors (Lipinski definition) is 1. The molecule has 1 fully saturated rings. The monoisotopic (exact) mass is 250 g/mol. The summed E-state index contributed by atoms with van der Waals surface area (Å²) in [5.74, 6) is 0.0868. The van der Waals surface area contributed by atoms with Crippen LogP contribution in [0.1, 0.15) is 30.7 Å². The van der Waals surface area contributed by atoms with Crippen LogP contribution in [-0.2, 0) is 4.79 Å². The lowest BCUT2D eigenvalue weighted by Crippen LogP contribution is -2.35. The number of benzene rings is 1. The van der Waals surface area contributed by atoms with Crippen molar-refractivity contribution in [1.82, 2.24) is 4.90 Å². The lowest BCUT2D eigenvalue weighted by Gasteiger charge is -2.31. The molecule has 3 nitrogen and oxygen atoms in total. The van der Waals surface area contributed by atoms with Gasteiger partial charge >= 0.3 is 0 Å². The van der Waals surface area contributed by atoms with E-state index in [1.165, 1.54) is 17.7 Å². The van der Waals surface area contributed by atoms with E-state index in [1.54, 1.807) is 0 Å². The molecular weight excluding hydrogens is 231 g/mol. The fourth-order valence-corrected chi connectivity index (χ4v) is 2.49. The Balaban J connectivity index is 1.83. The number of amides is 1. The maximum Gasteiger partial charge on any atom is 0.218 e. The Morgan fingerprint density at radius 1 is 1.28 bits per heavy atom. The van der Waals surface area contributed by atoms with Crippen molar-refractivity contribution in [1.29, 1.82) is 0 Å². The van der Waals surface area contributed by atoms with Crippen LogP contribution in [0.3, 0.4) is 0 Å². The Morgan fingerprint density at radius 2 is 1.89 bits per heavy atom. The molecule has 4 heteroatoms. The molecule has 0 aromatic heterocycles. The van der Waals surface area contributed by atoms with Crippen molar-refractivity contribution in [2.75, 3.05) is 19.6 Å². The van der Waals surface area contributed by atoms with E-state index in [0.717, 1.165) is 32.5 Å². The number of nitrogens with two attached hydrogens (primary N) is 1. The highest BCUT2D eigenvalue weighted by Gasteiger charge is 2.20. The number of piperidine rings is 1. The number of halogens is 1. The number of nitrogens with zero attached hydrogens (tertiary/aromatic N) is 1. The molecule has 2 N–H and O–H groups in total. The van der Waals surface area contributed by atoms with E-state index < -0.39 is 0 Å². The van der Waals surface area contributed by atoms with Crippen molar-refractivity contribution < 1.29 is 9.18 Å². The fourth-order valence-electron chi connectivity index (χ4n) is 2.49. The molecule has 1 aliphatic heterocycles. The minimum atomic E-state index is -0.240. The Labute approximate surface area is 107 Å². The van der Waals surface area contributed by atoms with Crippen LogP contribution in [0.5, 0.6) is 0 Å². The second-order valence-corrected chi connectivity index (χ2v) is 4.88. The third-order valence-electron chi connectivity index (χ3n) is 3.60. The summed E-state index contributed by atoms with van der Waals surface area (Å²) in [5.41, 5.74) is 6.35. The number of carbonyl (C=O) groups excluding carboxylic acids is 1. The maximum atomic E-state index is 12.8. The molecule has 0 atom stereocenters. The molecule has 0 unspecified atom stereocenters. The van der Waals surface area contributed by atoms with E-state index in [4.69, 9.17) is 5.73 Å². The van der Waals surface area contributed by atoms with Crippen molar-refractivity contribution in [2.45, 2.75) is 25.2 Å². The summed E-state index contributed by atoms with van der Waals surface area (Å²) in [4.78, 5) is 13.0. The molecule has 1 saturated heterocycles. The summed E-state index contributed by atoms with van der Waals surface area (Å²) < 4.78 is 12.8. The molecule has 1 aliphatic rings. The van der Waals surface area contributed by atoms with Gasteiger partial charge in [-0.1, -0.05) is 12.1 Å². The smallest absolute Gasteiger partial charge is 0.218 e. The molecule has 98 valence electrons. The number of primary amides is 1. The third kappa shape index (κ3) is 3.53. The van der Waals surface area contributed by atoms with Gasteiger partial charge in [-0.25, -0.2) is 4.39 Å². The van der Waals surface area contributed by atoms with E-state index in [2.05, 4.69) is 4.90 Å². The second kappa shape index (κ2) is 5.96. The zero-order chi connectivity index (χ0) is 13.0. The molecule has 0 spiro atoms. The number of rotatable bonds is 4. The standard InChI is InChI=1S/C14H19FN2O/c15-13-3-1-11(2-4-13)12-5-8-17(9-6-12)10-7-14(16)18/h1-4,12H,5-10H2,(H2,16,18). The first-order chi connectivity index (χ1) is 8.65. The van der Waals surface area contributed by atoms with Gasteiger partial charge in [-0.3, -0.25) is 4.79 Å². The summed E-state index contributed by atoms with van der Waals surface area (Å²) >= 11 is 0. The number of hydrogen-bond acceptors (Lipinski definition) is 2. The summed E-state index contributed by atoms with van der Waals surface area (Å²) in [5, 5.41) is 0. The highest BCUT2D eigenvalue weighted by atomic mass is 19.1. The first kappa shape index (κ1) is 13.0. The van der Waals surface area contributed by atoms with Gasteiger partial charge in [0.05, 0.1) is 0 Å². The lowest BCUT2D eigenvalue weighted by atomic mass is 9.89. The largest absolute Gasteiger partial charge is 0.370 e. The zero-order valence-corrected chi connectivity index (χ0v) is 10.4. The van der Waals surface area contributed by atoms with Gasteiger partial charge in [0.2, 0.25) is 5.91 Å². The van der Waals surface area contributed by atoms with Gasteiger partial charge in [0.1, 0.15) is 5.82 Å². The molecule has 0 radical (unpaired) electrons. The molecule has 1 amide bonds. The zero-order valence-electron chi connectivity index (χ0n) is 10.4. The van der Waals surface area contributed by atoms with Crippen LogP contribution in [-0.4, -0.2) is 30.4 Å². The van der Waals surface area contributed by atoms with Crippen LogP contribution >= 0.6 is 0 Å². The van der Waals surface area contributed by atoms with Gasteiger partial charge < -0.3 is 10.6 Å². The first-order valence-electron chi connectivity index (χ1n) is 6.41. The minimum Gasteiger partial charge on any atom is -0.370 e. The van der Waals surface area contributed by atoms with Crippen LogP contribution in [0.2, 0.25) is 0 Å². The van der Waals surface area contributed by atoms with Crippen LogP contribution in [0.25, 0.3) is 0 Å². The lowest BCUT2D eigenvalue weighted by molar-refractivity contribution is -0.118. The third-order valence-corrected chi connectivity index (χ3v) is 3.60. The molecule has 0 aliphatic carbocycles. The van der Waals surface area contributed by atoms with E-state index in [1.807, 2.05) is 12.1 Å². The van der Waals surface area contributed by atoms with Crippen molar-refractivity contribution in [3.63, 3.8) is 0 Å². The molecular formula is C14H19FN2O. The summed E-state index contributed by atoms with van der Waals surface area (Å²) in [6.45, 7) is 2.72. The van der Waals surface area contributed by atoms with Gasteiger partial charge in [0, 0.05) is 13.0 Å². The molecule has 1 aromatic rings. The molecule has 0 bridgehead atoms. The summed E-state index contributed by atoms with van der Waals surface area (Å²) in [7, 11) is 0. The topological polar surface area (TPSA) is 46.3 Å². The average Bonchev–Trinajstić information content (AvgIpc) is 2.38. The van der Waals surface area contributed by atoms with Crippen molar-refractivity contribution in [2.24, 2.45) is 5.73 Å². The van der Waals surface area contributed by atoms with Gasteiger partial charge in [-0.2, -0.15) is 0 Å². The fraction of sp³-hybridized carbons (Fsp3) is 0.500. The Bertz CT molecular complexity index is 397. The van der Waals surface area contributed by atoms with Crippen LogP contribution in [0, 0.1) is 5.82 Å². The molecule has 18 heavy (non-hydrogen) atoms. The van der Waals surface area contributed by atoms with E-state index >= 15 is 0 Å².